The number of nitrogens with zero attached hydrogens (tertiary/aromatic N) is 2. The molecule has 4 rings (SSSR count). The molecule has 150 valence electrons. The molecule has 0 atom stereocenters. The highest BCUT2D eigenvalue weighted by atomic mass is 16.5. The van der Waals surface area contributed by atoms with E-state index in [1.165, 1.54) is 0 Å². The number of aryl methyl sites for hydroxylation is 2. The largest absolute Gasteiger partial charge is 0.481 e. The van der Waals surface area contributed by atoms with E-state index in [1.54, 1.807) is 13.0 Å². The molecular weight excluding hydrogens is 370 g/mol. The van der Waals surface area contributed by atoms with Crippen molar-refractivity contribution in [1.29, 1.82) is 0 Å². The van der Waals surface area contributed by atoms with E-state index in [1.807, 2.05) is 31.2 Å². The van der Waals surface area contributed by atoms with Crippen LogP contribution in [-0.2, 0) is 4.79 Å². The molecule has 1 fully saturated rings. The molecule has 1 saturated carbocycles. The van der Waals surface area contributed by atoms with Crippen molar-refractivity contribution < 1.29 is 19.2 Å². The summed E-state index contributed by atoms with van der Waals surface area (Å²) in [7, 11) is 0. The average molecular weight is 393 g/mol. The Hall–Kier alpha value is -3.22. The van der Waals surface area contributed by atoms with Crippen LogP contribution in [0.15, 0.2) is 34.9 Å². The fourth-order valence-corrected chi connectivity index (χ4v) is 3.89. The third-order valence-corrected chi connectivity index (χ3v) is 5.62. The van der Waals surface area contributed by atoms with E-state index >= 15 is 0 Å². The monoisotopic (exact) mass is 393 g/mol. The van der Waals surface area contributed by atoms with Gasteiger partial charge in [-0.3, -0.25) is 9.59 Å². The first-order valence-corrected chi connectivity index (χ1v) is 9.80. The second-order valence-electron chi connectivity index (χ2n) is 7.73. The fourth-order valence-electron chi connectivity index (χ4n) is 3.89. The molecule has 7 heteroatoms. The number of amides is 1. The van der Waals surface area contributed by atoms with Crippen molar-refractivity contribution in [3.63, 3.8) is 0 Å². The van der Waals surface area contributed by atoms with Gasteiger partial charge in [-0.05, 0) is 45.6 Å². The molecule has 2 heterocycles. The highest BCUT2D eigenvalue weighted by molar-refractivity contribution is 6.07. The predicted octanol–water partition coefficient (Wildman–Crippen LogP) is 3.88. The van der Waals surface area contributed by atoms with Gasteiger partial charge in [-0.1, -0.05) is 35.0 Å². The summed E-state index contributed by atoms with van der Waals surface area (Å²) in [5.74, 6) is -1.28. The van der Waals surface area contributed by atoms with Crippen molar-refractivity contribution in [2.75, 3.05) is 0 Å². The minimum Gasteiger partial charge on any atom is -0.481 e. The molecule has 1 aliphatic rings. The lowest BCUT2D eigenvalue weighted by molar-refractivity contribution is -0.142. The van der Waals surface area contributed by atoms with Gasteiger partial charge in [0.05, 0.1) is 28.3 Å². The number of aliphatic carboxylic acids is 1. The Balaban J connectivity index is 1.63. The number of carboxylic acid groups (broad SMARTS) is 1. The molecule has 0 spiro atoms. The standard InChI is InChI=1S/C22H23N3O4/c1-12-3-5-14(6-4-12)18-11-17(19-13(2)25-29-21(19)24-18)20(26)23-16-9-7-15(8-10-16)22(27)28/h3-6,11,15-16H,7-10H2,1-2H3,(H,23,26)(H,27,28). The summed E-state index contributed by atoms with van der Waals surface area (Å²) in [5.41, 5.74) is 4.10. The number of benzene rings is 1. The highest BCUT2D eigenvalue weighted by Gasteiger charge is 2.28. The lowest BCUT2D eigenvalue weighted by Crippen LogP contribution is -2.38. The third-order valence-electron chi connectivity index (χ3n) is 5.62. The molecule has 0 bridgehead atoms. The smallest absolute Gasteiger partial charge is 0.306 e. The first kappa shape index (κ1) is 19.1. The van der Waals surface area contributed by atoms with Crippen molar-refractivity contribution >= 4 is 23.0 Å². The van der Waals surface area contributed by atoms with Gasteiger partial charge in [-0.25, -0.2) is 4.98 Å². The predicted molar refractivity (Wildman–Crippen MR) is 108 cm³/mol. The van der Waals surface area contributed by atoms with Gasteiger partial charge in [0.1, 0.15) is 0 Å². The molecule has 0 unspecified atom stereocenters. The lowest BCUT2D eigenvalue weighted by Gasteiger charge is -2.26. The van der Waals surface area contributed by atoms with Crippen LogP contribution < -0.4 is 5.32 Å². The minimum atomic E-state index is -0.756. The zero-order valence-corrected chi connectivity index (χ0v) is 16.4. The van der Waals surface area contributed by atoms with Crippen LogP contribution >= 0.6 is 0 Å². The van der Waals surface area contributed by atoms with E-state index in [-0.39, 0.29) is 17.9 Å². The minimum absolute atomic E-state index is 0.0377. The van der Waals surface area contributed by atoms with E-state index in [4.69, 9.17) is 9.63 Å². The zero-order valence-electron chi connectivity index (χ0n) is 16.4. The van der Waals surface area contributed by atoms with Crippen molar-refractivity contribution in [3.05, 3.63) is 47.2 Å². The van der Waals surface area contributed by atoms with Crippen molar-refractivity contribution in [1.82, 2.24) is 15.5 Å². The Morgan fingerprint density at radius 2 is 1.79 bits per heavy atom. The zero-order chi connectivity index (χ0) is 20.5. The Kier molecular flexibility index (Phi) is 5.05. The van der Waals surface area contributed by atoms with Gasteiger partial charge in [0, 0.05) is 11.6 Å². The molecule has 0 radical (unpaired) electrons. The molecule has 3 aromatic rings. The molecule has 1 aliphatic carbocycles. The van der Waals surface area contributed by atoms with Gasteiger partial charge < -0.3 is 14.9 Å². The molecule has 0 aliphatic heterocycles. The number of aromatic nitrogens is 2. The number of rotatable bonds is 4. The van der Waals surface area contributed by atoms with E-state index in [2.05, 4.69) is 15.5 Å². The Morgan fingerprint density at radius 1 is 1.10 bits per heavy atom. The topological polar surface area (TPSA) is 105 Å². The highest BCUT2D eigenvalue weighted by Crippen LogP contribution is 2.29. The second-order valence-corrected chi connectivity index (χ2v) is 7.73. The first-order valence-electron chi connectivity index (χ1n) is 9.80. The molecule has 0 saturated heterocycles. The van der Waals surface area contributed by atoms with Gasteiger partial charge in [0.2, 0.25) is 0 Å². The molecule has 29 heavy (non-hydrogen) atoms. The summed E-state index contributed by atoms with van der Waals surface area (Å²) in [6.07, 6.45) is 2.47. The molecule has 1 amide bonds. The van der Waals surface area contributed by atoms with Crippen molar-refractivity contribution in [2.24, 2.45) is 5.92 Å². The number of carbonyl (C=O) groups excluding carboxylic acids is 1. The lowest BCUT2D eigenvalue weighted by atomic mass is 9.86. The summed E-state index contributed by atoms with van der Waals surface area (Å²) in [6, 6.07) is 9.64. The Labute approximate surface area is 168 Å². The quantitative estimate of drug-likeness (QED) is 0.697. The number of nitrogens with one attached hydrogen (secondary N) is 1. The summed E-state index contributed by atoms with van der Waals surface area (Å²) < 4.78 is 5.35. The number of fused-ring (bicyclic) bond motifs is 1. The molecule has 2 aromatic heterocycles. The Morgan fingerprint density at radius 3 is 2.45 bits per heavy atom. The van der Waals surface area contributed by atoms with Crippen LogP contribution in [0.1, 0.15) is 47.3 Å². The maximum atomic E-state index is 13.1. The average Bonchev–Trinajstić information content (AvgIpc) is 3.09. The molecule has 2 N–H and O–H groups in total. The van der Waals surface area contributed by atoms with Gasteiger partial charge in [-0.2, -0.15) is 0 Å². The Bertz CT molecular complexity index is 1060. The van der Waals surface area contributed by atoms with Crippen LogP contribution in [0, 0.1) is 19.8 Å². The van der Waals surface area contributed by atoms with E-state index < -0.39 is 5.97 Å². The normalized spacial score (nSPS) is 19.2. The first-order chi connectivity index (χ1) is 13.9. The maximum absolute atomic E-state index is 13.1. The summed E-state index contributed by atoms with van der Waals surface area (Å²) in [6.45, 7) is 3.80. The number of carboxylic acids is 1. The van der Waals surface area contributed by atoms with Gasteiger partial charge in [-0.15, -0.1) is 0 Å². The van der Waals surface area contributed by atoms with Crippen LogP contribution in [0.4, 0.5) is 0 Å². The van der Waals surface area contributed by atoms with E-state index in [9.17, 15) is 9.59 Å². The van der Waals surface area contributed by atoms with E-state index in [0.29, 0.717) is 53.7 Å². The van der Waals surface area contributed by atoms with Gasteiger partial charge in [0.25, 0.3) is 11.6 Å². The van der Waals surface area contributed by atoms with Gasteiger partial charge >= 0.3 is 5.97 Å². The summed E-state index contributed by atoms with van der Waals surface area (Å²) in [4.78, 5) is 28.8. The van der Waals surface area contributed by atoms with Crippen molar-refractivity contribution in [2.45, 2.75) is 45.6 Å². The number of carbonyl (C=O) groups is 2. The van der Waals surface area contributed by atoms with Crippen LogP contribution in [0.2, 0.25) is 0 Å². The van der Waals surface area contributed by atoms with E-state index in [0.717, 1.165) is 11.1 Å². The molecule has 1 aromatic carbocycles. The van der Waals surface area contributed by atoms with Crippen LogP contribution in [0.25, 0.3) is 22.4 Å². The number of hydrogen-bond acceptors (Lipinski definition) is 5. The number of hydrogen-bond donors (Lipinski definition) is 2. The van der Waals surface area contributed by atoms with Crippen LogP contribution in [-0.4, -0.2) is 33.2 Å². The molecule has 7 nitrogen and oxygen atoms in total. The second kappa shape index (κ2) is 7.66. The third kappa shape index (κ3) is 3.85. The molecular formula is C22H23N3O4. The maximum Gasteiger partial charge on any atom is 0.306 e. The van der Waals surface area contributed by atoms with Crippen LogP contribution in [0.5, 0.6) is 0 Å². The van der Waals surface area contributed by atoms with Crippen LogP contribution in [0.3, 0.4) is 0 Å². The SMILES string of the molecule is Cc1ccc(-c2cc(C(=O)NC3CCC(C(=O)O)CC3)c3c(C)noc3n2)cc1. The fraction of sp³-hybridized carbons (Fsp3) is 0.364. The van der Waals surface area contributed by atoms with Gasteiger partial charge in [0.15, 0.2) is 0 Å². The summed E-state index contributed by atoms with van der Waals surface area (Å²) >= 11 is 0. The number of pyridine rings is 1. The van der Waals surface area contributed by atoms with Crippen molar-refractivity contribution in [3.8, 4) is 11.3 Å². The summed E-state index contributed by atoms with van der Waals surface area (Å²) in [5, 5.41) is 16.8.